The highest BCUT2D eigenvalue weighted by Gasteiger charge is 2.26. The van der Waals surface area contributed by atoms with Gasteiger partial charge in [0, 0.05) is 18.2 Å². The van der Waals surface area contributed by atoms with Gasteiger partial charge in [-0.25, -0.2) is 18.0 Å². The Hall–Kier alpha value is -2.64. The van der Waals surface area contributed by atoms with Crippen molar-refractivity contribution in [1.29, 1.82) is 0 Å². The molecule has 0 spiro atoms. The molecule has 24 heavy (non-hydrogen) atoms. The molecule has 0 bridgehead atoms. The van der Waals surface area contributed by atoms with Crippen molar-refractivity contribution in [2.24, 2.45) is 4.99 Å². The first-order valence-electron chi connectivity index (χ1n) is 7.17. The molecular formula is C16H15F3N2O3. The topological polar surface area (TPSA) is 67.8 Å². The number of aliphatic imine (C=N–C) groups is 1. The van der Waals surface area contributed by atoms with Crippen LogP contribution in [-0.2, 0) is 20.7 Å². The molecule has 1 atom stereocenters. The van der Waals surface area contributed by atoms with Gasteiger partial charge in [0.1, 0.15) is 5.82 Å². The van der Waals surface area contributed by atoms with Gasteiger partial charge in [-0.1, -0.05) is 6.08 Å². The van der Waals surface area contributed by atoms with Crippen molar-refractivity contribution in [3.8, 4) is 0 Å². The molecule has 0 radical (unpaired) electrons. The second-order valence-corrected chi connectivity index (χ2v) is 5.06. The van der Waals surface area contributed by atoms with Crippen LogP contribution in [0, 0.1) is 17.5 Å². The number of ether oxygens (including phenoxy) is 1. The normalized spacial score (nSPS) is 14.8. The summed E-state index contributed by atoms with van der Waals surface area (Å²) >= 11 is 0. The number of hydrogen-bond donors (Lipinski definition) is 1. The van der Waals surface area contributed by atoms with Crippen molar-refractivity contribution in [2.45, 2.75) is 25.3 Å². The molecule has 0 saturated heterocycles. The predicted octanol–water partition coefficient (Wildman–Crippen LogP) is 2.05. The van der Waals surface area contributed by atoms with Crippen LogP contribution in [0.15, 0.2) is 28.9 Å². The highest BCUT2D eigenvalue weighted by molar-refractivity contribution is 6.32. The summed E-state index contributed by atoms with van der Waals surface area (Å²) in [6, 6.07) is 0.471. The van der Waals surface area contributed by atoms with Crippen molar-refractivity contribution in [3.05, 3.63) is 46.9 Å². The van der Waals surface area contributed by atoms with Crippen molar-refractivity contribution >= 4 is 18.1 Å². The Bertz CT molecular complexity index is 717. The third-order valence-electron chi connectivity index (χ3n) is 3.47. The molecule has 0 aromatic heterocycles. The molecule has 1 N–H and O–H groups in total. The Morgan fingerprint density at radius 2 is 1.96 bits per heavy atom. The van der Waals surface area contributed by atoms with E-state index >= 15 is 0 Å². The molecule has 5 nitrogen and oxygen atoms in total. The third-order valence-corrected chi connectivity index (χ3v) is 3.47. The number of hydrogen-bond acceptors (Lipinski definition) is 4. The lowest BCUT2D eigenvalue weighted by Gasteiger charge is -2.21. The van der Waals surface area contributed by atoms with E-state index in [-0.39, 0.29) is 0 Å². The molecule has 0 aliphatic carbocycles. The Balaban J connectivity index is 2.31. The summed E-state index contributed by atoms with van der Waals surface area (Å²) in [5, 5.41) is 2.31. The van der Waals surface area contributed by atoms with E-state index in [1.807, 2.05) is 0 Å². The Morgan fingerprint density at radius 3 is 2.58 bits per heavy atom. The van der Waals surface area contributed by atoms with Crippen molar-refractivity contribution in [3.63, 3.8) is 0 Å². The molecule has 0 saturated carbocycles. The summed E-state index contributed by atoms with van der Waals surface area (Å²) in [7, 11) is 1.03. The van der Waals surface area contributed by atoms with Crippen LogP contribution in [0.5, 0.6) is 0 Å². The van der Waals surface area contributed by atoms with E-state index in [0.29, 0.717) is 24.6 Å². The van der Waals surface area contributed by atoms with Gasteiger partial charge in [0.25, 0.3) is 0 Å². The van der Waals surface area contributed by atoms with E-state index in [1.165, 1.54) is 0 Å². The van der Waals surface area contributed by atoms with Crippen LogP contribution >= 0.6 is 0 Å². The number of halogens is 3. The smallest absolute Gasteiger partial charge is 0.396 e. The van der Waals surface area contributed by atoms with Gasteiger partial charge in [-0.2, -0.15) is 0 Å². The molecule has 1 heterocycles. The molecule has 1 aliphatic heterocycles. The van der Waals surface area contributed by atoms with Gasteiger partial charge in [0.2, 0.25) is 0 Å². The van der Waals surface area contributed by atoms with Crippen LogP contribution in [-0.4, -0.2) is 31.2 Å². The Labute approximate surface area is 136 Å². The number of nitrogens with zero attached hydrogens (tertiary/aromatic N) is 1. The maximum atomic E-state index is 13.9. The molecule has 0 fully saturated rings. The van der Waals surface area contributed by atoms with Gasteiger partial charge in [0.15, 0.2) is 11.6 Å². The minimum absolute atomic E-state index is 0.335. The van der Waals surface area contributed by atoms with Crippen LogP contribution in [0.4, 0.5) is 13.2 Å². The van der Waals surface area contributed by atoms with Crippen LogP contribution < -0.4 is 5.32 Å². The summed E-state index contributed by atoms with van der Waals surface area (Å²) in [6.07, 6.45) is 4.17. The Morgan fingerprint density at radius 1 is 1.25 bits per heavy atom. The number of carbonyl (C=O) groups excluding carboxylic acids is 2. The highest BCUT2D eigenvalue weighted by Crippen LogP contribution is 2.21. The number of amides is 1. The van der Waals surface area contributed by atoms with E-state index in [0.717, 1.165) is 13.2 Å². The van der Waals surface area contributed by atoms with Crippen LogP contribution in [0.3, 0.4) is 0 Å². The lowest BCUT2D eigenvalue weighted by atomic mass is 10.00. The van der Waals surface area contributed by atoms with E-state index < -0.39 is 47.4 Å². The van der Waals surface area contributed by atoms with Gasteiger partial charge in [0.05, 0.1) is 18.8 Å². The standard InChI is InChI=1S/C16H15F3N2O3/c1-24-16(23)15(22)21-13(12-4-2-3-7-20-12)8-9-10(17)5-6-11(18)14(9)19/h4-7,13H,2-3,8H2,1H3,(H,21,22). The number of methoxy groups -OCH3 is 1. The van der Waals surface area contributed by atoms with Crippen LogP contribution in [0.25, 0.3) is 0 Å². The Kier molecular flexibility index (Phi) is 5.73. The monoisotopic (exact) mass is 340 g/mol. The second-order valence-electron chi connectivity index (χ2n) is 5.06. The fraction of sp³-hybridized carbons (Fsp3) is 0.312. The summed E-state index contributed by atoms with van der Waals surface area (Å²) in [5.41, 5.74) is -0.201. The zero-order chi connectivity index (χ0) is 17.7. The molecule has 8 heteroatoms. The first kappa shape index (κ1) is 17.7. The summed E-state index contributed by atoms with van der Waals surface area (Å²) in [5.74, 6) is -5.73. The van der Waals surface area contributed by atoms with Crippen LogP contribution in [0.1, 0.15) is 18.4 Å². The fourth-order valence-corrected chi connectivity index (χ4v) is 2.26. The summed E-state index contributed by atoms with van der Waals surface area (Å²) < 4.78 is 45.4. The minimum atomic E-state index is -1.34. The second kappa shape index (κ2) is 7.76. The lowest BCUT2D eigenvalue weighted by Crippen LogP contribution is -2.42. The molecule has 1 amide bonds. The molecule has 2 rings (SSSR count). The van der Waals surface area contributed by atoms with E-state index in [1.54, 1.807) is 12.3 Å². The first-order chi connectivity index (χ1) is 11.4. The van der Waals surface area contributed by atoms with Gasteiger partial charge < -0.3 is 10.1 Å². The van der Waals surface area contributed by atoms with Gasteiger partial charge in [-0.3, -0.25) is 9.79 Å². The van der Waals surface area contributed by atoms with Crippen molar-refractivity contribution in [2.75, 3.05) is 7.11 Å². The predicted molar refractivity (Wildman–Crippen MR) is 79.8 cm³/mol. The SMILES string of the molecule is COC(=O)C(=O)NC(Cc1c(F)ccc(F)c1F)C1=CCCC=N1. The van der Waals surface area contributed by atoms with Crippen LogP contribution in [0.2, 0.25) is 0 Å². The third kappa shape index (κ3) is 4.01. The molecule has 1 aliphatic rings. The number of allylic oxidation sites excluding steroid dienone is 1. The lowest BCUT2D eigenvalue weighted by molar-refractivity contribution is -0.152. The van der Waals surface area contributed by atoms with Gasteiger partial charge >= 0.3 is 11.9 Å². The van der Waals surface area contributed by atoms with E-state index in [2.05, 4.69) is 15.0 Å². The number of esters is 1. The van der Waals surface area contributed by atoms with Crippen molar-refractivity contribution in [1.82, 2.24) is 5.32 Å². The number of benzene rings is 1. The highest BCUT2D eigenvalue weighted by atomic mass is 19.2. The zero-order valence-electron chi connectivity index (χ0n) is 12.8. The summed E-state index contributed by atoms with van der Waals surface area (Å²) in [4.78, 5) is 27.1. The maximum Gasteiger partial charge on any atom is 0.396 e. The number of nitrogens with one attached hydrogen (secondary N) is 1. The molecular weight excluding hydrogens is 325 g/mol. The molecule has 1 unspecified atom stereocenters. The zero-order valence-corrected chi connectivity index (χ0v) is 12.8. The van der Waals surface area contributed by atoms with E-state index in [4.69, 9.17) is 0 Å². The maximum absolute atomic E-state index is 13.9. The average molecular weight is 340 g/mol. The molecule has 1 aromatic carbocycles. The largest absolute Gasteiger partial charge is 0.462 e. The fourth-order valence-electron chi connectivity index (χ4n) is 2.26. The first-order valence-corrected chi connectivity index (χ1v) is 7.17. The van der Waals surface area contributed by atoms with Crippen molar-refractivity contribution < 1.29 is 27.5 Å². The van der Waals surface area contributed by atoms with E-state index in [9.17, 15) is 22.8 Å². The molecule has 1 aromatic rings. The number of carbonyl (C=O) groups is 2. The van der Waals surface area contributed by atoms with Gasteiger partial charge in [-0.05, 0) is 25.0 Å². The number of rotatable bonds is 4. The van der Waals surface area contributed by atoms with Gasteiger partial charge in [-0.15, -0.1) is 0 Å². The quantitative estimate of drug-likeness (QED) is 0.518. The summed E-state index contributed by atoms with van der Waals surface area (Å²) in [6.45, 7) is 0. The minimum Gasteiger partial charge on any atom is -0.462 e. The average Bonchev–Trinajstić information content (AvgIpc) is 2.60. The molecule has 128 valence electrons.